The monoisotopic (exact) mass is 342 g/mol. The molecule has 2 aromatic carbocycles. The van der Waals surface area contributed by atoms with Gasteiger partial charge in [-0.25, -0.2) is 4.79 Å². The lowest BCUT2D eigenvalue weighted by Crippen LogP contribution is -2.34. The molecule has 3 rings (SSSR count). The molecule has 0 spiro atoms. The summed E-state index contributed by atoms with van der Waals surface area (Å²) in [6, 6.07) is 13.3. The largest absolute Gasteiger partial charge is 0.486 e. The van der Waals surface area contributed by atoms with Gasteiger partial charge in [0, 0.05) is 20.2 Å². The maximum Gasteiger partial charge on any atom is 0.315 e. The molecule has 0 saturated heterocycles. The van der Waals surface area contributed by atoms with Crippen LogP contribution in [0.15, 0.2) is 42.5 Å². The third-order valence-electron chi connectivity index (χ3n) is 3.92. The zero-order chi connectivity index (χ0) is 17.5. The molecule has 1 aliphatic rings. The summed E-state index contributed by atoms with van der Waals surface area (Å²) in [5, 5.41) is 5.72. The number of benzene rings is 2. The zero-order valence-electron chi connectivity index (χ0n) is 14.2. The van der Waals surface area contributed by atoms with Gasteiger partial charge in [0.2, 0.25) is 0 Å². The van der Waals surface area contributed by atoms with Crippen LogP contribution in [0, 0.1) is 0 Å². The fraction of sp³-hybridized carbons (Fsp3) is 0.316. The Morgan fingerprint density at radius 1 is 1.00 bits per heavy atom. The number of methoxy groups -OCH3 is 1. The van der Waals surface area contributed by atoms with Crippen LogP contribution in [0.4, 0.5) is 4.79 Å². The number of ether oxygens (including phenoxy) is 3. The van der Waals surface area contributed by atoms with Crippen LogP contribution in [-0.4, -0.2) is 26.4 Å². The smallest absolute Gasteiger partial charge is 0.315 e. The molecule has 1 aliphatic heterocycles. The lowest BCUT2D eigenvalue weighted by atomic mass is 10.1. The van der Waals surface area contributed by atoms with Crippen molar-refractivity contribution in [3.05, 3.63) is 59.2 Å². The van der Waals surface area contributed by atoms with Crippen molar-refractivity contribution in [1.82, 2.24) is 10.6 Å². The molecule has 0 aromatic heterocycles. The van der Waals surface area contributed by atoms with E-state index in [1.807, 2.05) is 42.5 Å². The Balaban J connectivity index is 1.50. The summed E-state index contributed by atoms with van der Waals surface area (Å²) in [6.45, 7) is 2.51. The summed E-state index contributed by atoms with van der Waals surface area (Å²) < 4.78 is 16.2. The first-order valence-electron chi connectivity index (χ1n) is 8.22. The fourth-order valence-corrected chi connectivity index (χ4v) is 2.64. The molecule has 0 fully saturated rings. The molecule has 0 bridgehead atoms. The minimum absolute atomic E-state index is 0.220. The molecule has 0 atom stereocenters. The van der Waals surface area contributed by atoms with Gasteiger partial charge in [0.25, 0.3) is 0 Å². The minimum Gasteiger partial charge on any atom is -0.486 e. The number of urea groups is 1. The third-order valence-corrected chi connectivity index (χ3v) is 3.92. The van der Waals surface area contributed by atoms with Gasteiger partial charge < -0.3 is 24.8 Å². The van der Waals surface area contributed by atoms with Crippen molar-refractivity contribution in [2.45, 2.75) is 19.7 Å². The highest BCUT2D eigenvalue weighted by Gasteiger charge is 2.12. The molecule has 2 aromatic rings. The van der Waals surface area contributed by atoms with Crippen LogP contribution in [0.1, 0.15) is 16.7 Å². The summed E-state index contributed by atoms with van der Waals surface area (Å²) >= 11 is 0. The Labute approximate surface area is 147 Å². The van der Waals surface area contributed by atoms with E-state index in [4.69, 9.17) is 14.2 Å². The Kier molecular flexibility index (Phi) is 5.74. The second-order valence-corrected chi connectivity index (χ2v) is 5.72. The Hall–Kier alpha value is -2.73. The van der Waals surface area contributed by atoms with Crippen molar-refractivity contribution >= 4 is 6.03 Å². The van der Waals surface area contributed by atoms with E-state index < -0.39 is 0 Å². The zero-order valence-corrected chi connectivity index (χ0v) is 14.2. The van der Waals surface area contributed by atoms with Crippen molar-refractivity contribution in [3.63, 3.8) is 0 Å². The first-order chi connectivity index (χ1) is 12.3. The van der Waals surface area contributed by atoms with E-state index in [0.717, 1.165) is 28.2 Å². The van der Waals surface area contributed by atoms with Crippen molar-refractivity contribution in [2.75, 3.05) is 20.3 Å². The molecule has 2 N–H and O–H groups in total. The summed E-state index contributed by atoms with van der Waals surface area (Å²) in [5.74, 6) is 1.47. The van der Waals surface area contributed by atoms with E-state index in [-0.39, 0.29) is 6.03 Å². The van der Waals surface area contributed by atoms with E-state index in [9.17, 15) is 4.79 Å². The maximum atomic E-state index is 12.0. The van der Waals surface area contributed by atoms with Gasteiger partial charge in [-0.05, 0) is 28.8 Å². The molecule has 0 unspecified atom stereocenters. The van der Waals surface area contributed by atoms with Crippen LogP contribution in [0.5, 0.6) is 11.5 Å². The molecular formula is C19H22N2O4. The predicted octanol–water partition coefficient (Wildman–Crippen LogP) is 2.60. The van der Waals surface area contributed by atoms with Crippen LogP contribution in [-0.2, 0) is 24.4 Å². The second kappa shape index (κ2) is 8.39. The summed E-state index contributed by atoms with van der Waals surface area (Å²) in [6.07, 6.45) is 0. The first-order valence-corrected chi connectivity index (χ1v) is 8.22. The number of carbonyl (C=O) groups is 1. The van der Waals surface area contributed by atoms with Crippen LogP contribution in [0.2, 0.25) is 0 Å². The SMILES string of the molecule is COCc1ccccc1CNC(=O)NCc1ccc2c(c1)OCCO2. The van der Waals surface area contributed by atoms with Gasteiger partial charge in [-0.15, -0.1) is 0 Å². The topological polar surface area (TPSA) is 68.8 Å². The van der Waals surface area contributed by atoms with Crippen LogP contribution in [0.25, 0.3) is 0 Å². The summed E-state index contributed by atoms with van der Waals surface area (Å²) in [7, 11) is 1.66. The molecule has 0 aliphatic carbocycles. The van der Waals surface area contributed by atoms with E-state index in [0.29, 0.717) is 32.9 Å². The van der Waals surface area contributed by atoms with Gasteiger partial charge in [0.1, 0.15) is 13.2 Å². The highest BCUT2D eigenvalue weighted by molar-refractivity contribution is 5.73. The predicted molar refractivity (Wildman–Crippen MR) is 93.7 cm³/mol. The molecule has 6 heteroatoms. The Morgan fingerprint density at radius 2 is 1.72 bits per heavy atom. The van der Waals surface area contributed by atoms with E-state index in [2.05, 4.69) is 10.6 Å². The Bertz CT molecular complexity index is 733. The molecule has 6 nitrogen and oxygen atoms in total. The van der Waals surface area contributed by atoms with Gasteiger partial charge in [-0.2, -0.15) is 0 Å². The van der Waals surface area contributed by atoms with Gasteiger partial charge >= 0.3 is 6.03 Å². The molecular weight excluding hydrogens is 320 g/mol. The molecule has 1 heterocycles. The number of hydrogen-bond donors (Lipinski definition) is 2. The maximum absolute atomic E-state index is 12.0. The van der Waals surface area contributed by atoms with Crippen LogP contribution in [0.3, 0.4) is 0 Å². The normalized spacial score (nSPS) is 12.5. The number of amides is 2. The summed E-state index contributed by atoms with van der Waals surface area (Å²) in [4.78, 5) is 12.0. The quantitative estimate of drug-likeness (QED) is 0.847. The van der Waals surface area contributed by atoms with Crippen molar-refractivity contribution in [3.8, 4) is 11.5 Å². The number of fused-ring (bicyclic) bond motifs is 1. The van der Waals surface area contributed by atoms with Crippen molar-refractivity contribution in [2.24, 2.45) is 0 Å². The Morgan fingerprint density at radius 3 is 2.52 bits per heavy atom. The molecule has 0 saturated carbocycles. The third kappa shape index (κ3) is 4.64. The average molecular weight is 342 g/mol. The van der Waals surface area contributed by atoms with Gasteiger partial charge in [0.05, 0.1) is 6.61 Å². The van der Waals surface area contributed by atoms with E-state index >= 15 is 0 Å². The lowest BCUT2D eigenvalue weighted by molar-refractivity contribution is 0.171. The molecule has 2 amide bonds. The highest BCUT2D eigenvalue weighted by atomic mass is 16.6. The molecule has 0 radical (unpaired) electrons. The van der Waals surface area contributed by atoms with E-state index in [1.165, 1.54) is 0 Å². The van der Waals surface area contributed by atoms with Gasteiger partial charge in [0.15, 0.2) is 11.5 Å². The first kappa shape index (κ1) is 17.1. The van der Waals surface area contributed by atoms with Gasteiger partial charge in [-0.1, -0.05) is 30.3 Å². The van der Waals surface area contributed by atoms with Crippen molar-refractivity contribution in [1.29, 1.82) is 0 Å². The average Bonchev–Trinajstić information content (AvgIpc) is 2.66. The number of hydrogen-bond acceptors (Lipinski definition) is 4. The van der Waals surface area contributed by atoms with Crippen LogP contribution >= 0.6 is 0 Å². The minimum atomic E-state index is -0.220. The number of nitrogens with one attached hydrogen (secondary N) is 2. The van der Waals surface area contributed by atoms with Gasteiger partial charge in [-0.3, -0.25) is 0 Å². The molecule has 132 valence electrons. The van der Waals surface area contributed by atoms with Crippen LogP contribution < -0.4 is 20.1 Å². The fourth-order valence-electron chi connectivity index (χ4n) is 2.64. The number of carbonyl (C=O) groups excluding carboxylic acids is 1. The second-order valence-electron chi connectivity index (χ2n) is 5.72. The van der Waals surface area contributed by atoms with E-state index in [1.54, 1.807) is 7.11 Å². The standard InChI is InChI=1S/C19H22N2O4/c1-23-13-16-5-3-2-4-15(16)12-21-19(22)20-11-14-6-7-17-18(10-14)25-9-8-24-17/h2-7,10H,8-9,11-13H2,1H3,(H2,20,21,22). The highest BCUT2D eigenvalue weighted by Crippen LogP contribution is 2.30. The van der Waals surface area contributed by atoms with Crippen molar-refractivity contribution < 1.29 is 19.0 Å². The summed E-state index contributed by atoms with van der Waals surface area (Å²) in [5.41, 5.74) is 3.06. The lowest BCUT2D eigenvalue weighted by Gasteiger charge is -2.19. The molecule has 25 heavy (non-hydrogen) atoms. The number of rotatable bonds is 6.